The summed E-state index contributed by atoms with van der Waals surface area (Å²) in [5.41, 5.74) is 7.56. The Labute approximate surface area is 121 Å². The second kappa shape index (κ2) is 6.64. The van der Waals surface area contributed by atoms with Gasteiger partial charge in [0.05, 0.1) is 12.8 Å². The fourth-order valence-electron chi connectivity index (χ4n) is 2.94. The molecule has 0 radical (unpaired) electrons. The molecule has 0 aliphatic carbocycles. The first kappa shape index (κ1) is 14.7. The maximum absolute atomic E-state index is 7.76. The van der Waals surface area contributed by atoms with Crippen LogP contribution in [-0.4, -0.2) is 26.0 Å². The van der Waals surface area contributed by atoms with Crippen LogP contribution in [0.1, 0.15) is 38.2 Å². The largest absolute Gasteiger partial charge is 0.497 e. The standard InChI is InChI=1S/C16H25N3O/c1-3-12-5-4-9-19(10-8-12)15-11-13(20-2)6-7-14(15)16(17)18/h6-7,11-12H,3-5,8-10H2,1-2H3,(H3,17,18). The van der Waals surface area contributed by atoms with E-state index in [4.69, 9.17) is 15.9 Å². The first-order chi connectivity index (χ1) is 9.65. The molecule has 3 N–H and O–H groups in total. The molecular formula is C16H25N3O. The highest BCUT2D eigenvalue weighted by Crippen LogP contribution is 2.29. The van der Waals surface area contributed by atoms with Gasteiger partial charge in [-0.3, -0.25) is 5.41 Å². The highest BCUT2D eigenvalue weighted by molar-refractivity contribution is 6.00. The number of nitrogens with zero attached hydrogens (tertiary/aromatic N) is 1. The molecule has 1 aromatic rings. The van der Waals surface area contributed by atoms with Gasteiger partial charge in [0, 0.05) is 24.7 Å². The van der Waals surface area contributed by atoms with Crippen molar-refractivity contribution in [2.75, 3.05) is 25.1 Å². The van der Waals surface area contributed by atoms with Crippen molar-refractivity contribution < 1.29 is 4.74 Å². The predicted octanol–water partition coefficient (Wildman–Crippen LogP) is 3.00. The SMILES string of the molecule is CCC1CCCN(c2cc(OC)ccc2C(=N)N)CC1. The number of methoxy groups -OCH3 is 1. The Morgan fingerprint density at radius 1 is 1.40 bits per heavy atom. The number of ether oxygens (including phenoxy) is 1. The van der Waals surface area contributed by atoms with Gasteiger partial charge in [0.1, 0.15) is 11.6 Å². The number of anilines is 1. The number of rotatable bonds is 4. The number of nitrogens with two attached hydrogens (primary N) is 1. The molecule has 1 unspecified atom stereocenters. The molecule has 0 amide bonds. The van der Waals surface area contributed by atoms with Crippen molar-refractivity contribution in [3.8, 4) is 5.75 Å². The lowest BCUT2D eigenvalue weighted by molar-refractivity contribution is 0.414. The lowest BCUT2D eigenvalue weighted by Crippen LogP contribution is -2.27. The average molecular weight is 275 g/mol. The summed E-state index contributed by atoms with van der Waals surface area (Å²) < 4.78 is 5.32. The second-order valence-corrected chi connectivity index (χ2v) is 5.49. The monoisotopic (exact) mass is 275 g/mol. The first-order valence-electron chi connectivity index (χ1n) is 7.43. The van der Waals surface area contributed by atoms with E-state index >= 15 is 0 Å². The predicted molar refractivity (Wildman–Crippen MR) is 83.9 cm³/mol. The third-order valence-electron chi connectivity index (χ3n) is 4.26. The molecule has 0 bridgehead atoms. The van der Waals surface area contributed by atoms with Crippen LogP contribution in [0.5, 0.6) is 5.75 Å². The number of nitrogen functional groups attached to an aromatic ring is 1. The van der Waals surface area contributed by atoms with E-state index in [9.17, 15) is 0 Å². The molecule has 1 aromatic carbocycles. The van der Waals surface area contributed by atoms with Gasteiger partial charge in [0.15, 0.2) is 0 Å². The third-order valence-corrected chi connectivity index (χ3v) is 4.26. The van der Waals surface area contributed by atoms with Crippen molar-refractivity contribution >= 4 is 11.5 Å². The van der Waals surface area contributed by atoms with Crippen LogP contribution < -0.4 is 15.4 Å². The van der Waals surface area contributed by atoms with Crippen LogP contribution in [0.15, 0.2) is 18.2 Å². The number of nitrogens with one attached hydrogen (secondary N) is 1. The average Bonchev–Trinajstić information content (AvgIpc) is 2.71. The molecule has 20 heavy (non-hydrogen) atoms. The second-order valence-electron chi connectivity index (χ2n) is 5.49. The minimum Gasteiger partial charge on any atom is -0.497 e. The molecule has 0 aromatic heterocycles. The van der Waals surface area contributed by atoms with Crippen molar-refractivity contribution in [3.05, 3.63) is 23.8 Å². The molecule has 0 saturated carbocycles. The maximum atomic E-state index is 7.76. The molecule has 1 saturated heterocycles. The Hall–Kier alpha value is -1.71. The molecule has 4 nitrogen and oxygen atoms in total. The van der Waals surface area contributed by atoms with E-state index < -0.39 is 0 Å². The Balaban J connectivity index is 2.27. The zero-order chi connectivity index (χ0) is 14.5. The summed E-state index contributed by atoms with van der Waals surface area (Å²) in [5.74, 6) is 1.77. The van der Waals surface area contributed by atoms with E-state index in [-0.39, 0.29) is 5.84 Å². The molecule has 1 heterocycles. The zero-order valence-electron chi connectivity index (χ0n) is 12.5. The smallest absolute Gasteiger partial charge is 0.124 e. The van der Waals surface area contributed by atoms with Crippen molar-refractivity contribution in [2.45, 2.75) is 32.6 Å². The van der Waals surface area contributed by atoms with Crippen molar-refractivity contribution in [2.24, 2.45) is 11.7 Å². The highest BCUT2D eigenvalue weighted by Gasteiger charge is 2.19. The molecule has 1 aliphatic rings. The minimum absolute atomic E-state index is 0.124. The Morgan fingerprint density at radius 2 is 2.20 bits per heavy atom. The summed E-state index contributed by atoms with van der Waals surface area (Å²) in [6.45, 7) is 4.34. The number of hydrogen-bond donors (Lipinski definition) is 2. The molecule has 2 rings (SSSR count). The van der Waals surface area contributed by atoms with E-state index in [0.29, 0.717) is 0 Å². The van der Waals surface area contributed by atoms with E-state index in [2.05, 4.69) is 11.8 Å². The summed E-state index contributed by atoms with van der Waals surface area (Å²) in [6, 6.07) is 5.76. The van der Waals surface area contributed by atoms with Crippen LogP contribution in [0.2, 0.25) is 0 Å². The van der Waals surface area contributed by atoms with E-state index in [1.54, 1.807) is 7.11 Å². The summed E-state index contributed by atoms with van der Waals surface area (Å²) >= 11 is 0. The van der Waals surface area contributed by atoms with Gasteiger partial charge in [-0.2, -0.15) is 0 Å². The lowest BCUT2D eigenvalue weighted by atomic mass is 9.98. The summed E-state index contributed by atoms with van der Waals surface area (Å²) in [6.07, 6.45) is 4.97. The Kier molecular flexibility index (Phi) is 4.88. The van der Waals surface area contributed by atoms with Gasteiger partial charge in [-0.1, -0.05) is 13.3 Å². The van der Waals surface area contributed by atoms with Gasteiger partial charge >= 0.3 is 0 Å². The number of hydrogen-bond acceptors (Lipinski definition) is 3. The van der Waals surface area contributed by atoms with Crippen LogP contribution in [0, 0.1) is 11.3 Å². The van der Waals surface area contributed by atoms with Crippen LogP contribution in [0.25, 0.3) is 0 Å². The van der Waals surface area contributed by atoms with Gasteiger partial charge in [0.2, 0.25) is 0 Å². The molecule has 1 atom stereocenters. The summed E-state index contributed by atoms with van der Waals surface area (Å²) in [5, 5.41) is 7.76. The highest BCUT2D eigenvalue weighted by atomic mass is 16.5. The van der Waals surface area contributed by atoms with Crippen molar-refractivity contribution in [3.63, 3.8) is 0 Å². The van der Waals surface area contributed by atoms with Crippen molar-refractivity contribution in [1.82, 2.24) is 0 Å². The van der Waals surface area contributed by atoms with Crippen LogP contribution in [0.4, 0.5) is 5.69 Å². The molecule has 1 fully saturated rings. The van der Waals surface area contributed by atoms with Crippen LogP contribution in [0.3, 0.4) is 0 Å². The fraction of sp³-hybridized carbons (Fsp3) is 0.562. The van der Waals surface area contributed by atoms with E-state index in [1.165, 1.54) is 25.7 Å². The van der Waals surface area contributed by atoms with E-state index in [0.717, 1.165) is 36.0 Å². The fourth-order valence-corrected chi connectivity index (χ4v) is 2.94. The first-order valence-corrected chi connectivity index (χ1v) is 7.43. The van der Waals surface area contributed by atoms with Gasteiger partial charge in [-0.05, 0) is 37.3 Å². The summed E-state index contributed by atoms with van der Waals surface area (Å²) in [4.78, 5) is 2.36. The van der Waals surface area contributed by atoms with Gasteiger partial charge in [0.25, 0.3) is 0 Å². The molecule has 4 heteroatoms. The van der Waals surface area contributed by atoms with Gasteiger partial charge in [-0.25, -0.2) is 0 Å². The Morgan fingerprint density at radius 3 is 2.85 bits per heavy atom. The zero-order valence-corrected chi connectivity index (χ0v) is 12.5. The number of amidine groups is 1. The molecule has 1 aliphatic heterocycles. The molecular weight excluding hydrogens is 250 g/mol. The summed E-state index contributed by atoms with van der Waals surface area (Å²) in [7, 11) is 1.67. The topological polar surface area (TPSA) is 62.3 Å². The molecule has 0 spiro atoms. The van der Waals surface area contributed by atoms with Crippen LogP contribution in [-0.2, 0) is 0 Å². The quantitative estimate of drug-likeness (QED) is 0.656. The normalized spacial score (nSPS) is 19.5. The Bertz CT molecular complexity index is 473. The van der Waals surface area contributed by atoms with Gasteiger partial charge in [-0.15, -0.1) is 0 Å². The van der Waals surface area contributed by atoms with Crippen LogP contribution >= 0.6 is 0 Å². The van der Waals surface area contributed by atoms with E-state index in [1.807, 2.05) is 18.2 Å². The third kappa shape index (κ3) is 3.24. The van der Waals surface area contributed by atoms with Gasteiger partial charge < -0.3 is 15.4 Å². The lowest BCUT2D eigenvalue weighted by Gasteiger charge is -2.26. The minimum atomic E-state index is 0.124. The molecule has 110 valence electrons. The maximum Gasteiger partial charge on any atom is 0.124 e. The van der Waals surface area contributed by atoms with Crippen molar-refractivity contribution in [1.29, 1.82) is 5.41 Å². The number of benzene rings is 1.